The van der Waals surface area contributed by atoms with E-state index in [1.807, 2.05) is 6.92 Å². The molecule has 0 aliphatic carbocycles. The summed E-state index contributed by atoms with van der Waals surface area (Å²) >= 11 is 0. The Hall–Kier alpha value is -0.770. The van der Waals surface area contributed by atoms with Crippen LogP contribution in [0.1, 0.15) is 19.8 Å². The van der Waals surface area contributed by atoms with Crippen molar-refractivity contribution in [1.82, 2.24) is 10.2 Å². The first-order chi connectivity index (χ1) is 6.74. The summed E-state index contributed by atoms with van der Waals surface area (Å²) in [4.78, 5) is 13.0. The van der Waals surface area contributed by atoms with Gasteiger partial charge < -0.3 is 15.0 Å². The van der Waals surface area contributed by atoms with Crippen LogP contribution < -0.4 is 5.32 Å². The van der Waals surface area contributed by atoms with Gasteiger partial charge in [0.1, 0.15) is 0 Å². The summed E-state index contributed by atoms with van der Waals surface area (Å²) < 4.78 is 4.91. The summed E-state index contributed by atoms with van der Waals surface area (Å²) in [6.45, 7) is 5.20. The van der Waals surface area contributed by atoms with Crippen LogP contribution in [0.5, 0.6) is 0 Å². The van der Waals surface area contributed by atoms with E-state index >= 15 is 0 Å². The highest BCUT2D eigenvalue weighted by Gasteiger charge is 2.18. The van der Waals surface area contributed by atoms with Crippen molar-refractivity contribution in [2.24, 2.45) is 5.92 Å². The molecule has 1 rings (SSSR count). The van der Waals surface area contributed by atoms with Gasteiger partial charge in [-0.15, -0.1) is 0 Å². The molecule has 1 aliphatic rings. The molecule has 4 nitrogen and oxygen atoms in total. The van der Waals surface area contributed by atoms with Crippen molar-refractivity contribution in [3.8, 4) is 0 Å². The van der Waals surface area contributed by atoms with Crippen molar-refractivity contribution in [2.75, 3.05) is 33.3 Å². The topological polar surface area (TPSA) is 41.6 Å². The summed E-state index contributed by atoms with van der Waals surface area (Å²) in [5.41, 5.74) is 0. The van der Waals surface area contributed by atoms with Gasteiger partial charge in [-0.05, 0) is 38.8 Å². The Balaban J connectivity index is 2.24. The molecule has 82 valence electrons. The molecule has 1 saturated heterocycles. The molecule has 0 saturated carbocycles. The Morgan fingerprint density at radius 2 is 2.43 bits per heavy atom. The lowest BCUT2D eigenvalue weighted by atomic mass is 9.99. The summed E-state index contributed by atoms with van der Waals surface area (Å²) in [5, 5.41) is 3.33. The minimum Gasteiger partial charge on any atom is -0.450 e. The average molecular weight is 200 g/mol. The molecule has 0 aromatic rings. The fourth-order valence-corrected chi connectivity index (χ4v) is 1.78. The first-order valence-electron chi connectivity index (χ1n) is 5.32. The van der Waals surface area contributed by atoms with E-state index in [0.717, 1.165) is 19.6 Å². The minimum absolute atomic E-state index is 0.210. The first kappa shape index (κ1) is 11.3. The molecule has 1 fully saturated rings. The van der Waals surface area contributed by atoms with Gasteiger partial charge in [0.2, 0.25) is 0 Å². The first-order valence-corrected chi connectivity index (χ1v) is 5.32. The zero-order valence-electron chi connectivity index (χ0n) is 9.08. The molecule has 0 radical (unpaired) electrons. The molecular weight excluding hydrogens is 180 g/mol. The second-order valence-electron chi connectivity index (χ2n) is 3.79. The number of hydrogen-bond donors (Lipinski definition) is 1. The van der Waals surface area contributed by atoms with Gasteiger partial charge in [0.05, 0.1) is 6.61 Å². The van der Waals surface area contributed by atoms with E-state index < -0.39 is 0 Å². The van der Waals surface area contributed by atoms with Crippen LogP contribution in [0.15, 0.2) is 0 Å². The van der Waals surface area contributed by atoms with E-state index in [1.165, 1.54) is 12.8 Å². The Kier molecular flexibility index (Phi) is 4.73. The van der Waals surface area contributed by atoms with Crippen molar-refractivity contribution >= 4 is 6.09 Å². The lowest BCUT2D eigenvalue weighted by Gasteiger charge is -2.27. The fourth-order valence-electron chi connectivity index (χ4n) is 1.78. The standard InChI is InChI=1S/C10H20N2O2/c1-3-14-10(13)12(2)8-9-5-4-6-11-7-9/h9,11H,3-8H2,1-2H3. The average Bonchev–Trinajstić information content (AvgIpc) is 2.19. The van der Waals surface area contributed by atoms with Gasteiger partial charge in [-0.2, -0.15) is 0 Å². The summed E-state index contributed by atoms with van der Waals surface area (Å²) in [7, 11) is 1.80. The highest BCUT2D eigenvalue weighted by molar-refractivity contribution is 5.67. The molecule has 1 amide bonds. The molecule has 1 heterocycles. The third-order valence-electron chi connectivity index (χ3n) is 2.51. The molecule has 1 unspecified atom stereocenters. The lowest BCUT2D eigenvalue weighted by molar-refractivity contribution is 0.108. The predicted molar refractivity (Wildman–Crippen MR) is 55.2 cm³/mol. The quantitative estimate of drug-likeness (QED) is 0.741. The van der Waals surface area contributed by atoms with Crippen LogP contribution in [0, 0.1) is 5.92 Å². The number of rotatable bonds is 3. The largest absolute Gasteiger partial charge is 0.450 e. The summed E-state index contributed by atoms with van der Waals surface area (Å²) in [6.07, 6.45) is 2.20. The molecule has 0 spiro atoms. The smallest absolute Gasteiger partial charge is 0.409 e. The van der Waals surface area contributed by atoms with Crippen LogP contribution in [0.2, 0.25) is 0 Å². The van der Waals surface area contributed by atoms with Crippen LogP contribution in [0.3, 0.4) is 0 Å². The molecule has 1 atom stereocenters. The van der Waals surface area contributed by atoms with E-state index in [2.05, 4.69) is 5.32 Å². The zero-order chi connectivity index (χ0) is 10.4. The van der Waals surface area contributed by atoms with Gasteiger partial charge in [-0.25, -0.2) is 4.79 Å². The minimum atomic E-state index is -0.210. The molecule has 0 aromatic heterocycles. The maximum Gasteiger partial charge on any atom is 0.409 e. The normalized spacial score (nSPS) is 21.7. The Labute approximate surface area is 85.6 Å². The van der Waals surface area contributed by atoms with Crippen LogP contribution in [0.4, 0.5) is 4.79 Å². The van der Waals surface area contributed by atoms with Gasteiger partial charge in [-0.1, -0.05) is 0 Å². The number of hydrogen-bond acceptors (Lipinski definition) is 3. The van der Waals surface area contributed by atoms with E-state index in [4.69, 9.17) is 4.74 Å². The second-order valence-corrected chi connectivity index (χ2v) is 3.79. The molecule has 14 heavy (non-hydrogen) atoms. The van der Waals surface area contributed by atoms with Gasteiger partial charge >= 0.3 is 6.09 Å². The number of carbonyl (C=O) groups is 1. The number of piperidine rings is 1. The number of ether oxygens (including phenoxy) is 1. The SMILES string of the molecule is CCOC(=O)N(C)CC1CCCNC1. The van der Waals surface area contributed by atoms with Crippen molar-refractivity contribution in [2.45, 2.75) is 19.8 Å². The monoisotopic (exact) mass is 200 g/mol. The molecule has 1 N–H and O–H groups in total. The highest BCUT2D eigenvalue weighted by atomic mass is 16.5. The lowest BCUT2D eigenvalue weighted by Crippen LogP contribution is -2.39. The fraction of sp³-hybridized carbons (Fsp3) is 0.900. The van der Waals surface area contributed by atoms with Crippen LogP contribution in [-0.4, -0.2) is 44.3 Å². The number of amides is 1. The van der Waals surface area contributed by atoms with Crippen molar-refractivity contribution in [1.29, 1.82) is 0 Å². The Morgan fingerprint density at radius 1 is 1.64 bits per heavy atom. The van der Waals surface area contributed by atoms with E-state index in [1.54, 1.807) is 11.9 Å². The van der Waals surface area contributed by atoms with Crippen LogP contribution in [-0.2, 0) is 4.74 Å². The Morgan fingerprint density at radius 3 is 3.00 bits per heavy atom. The van der Waals surface area contributed by atoms with Gasteiger partial charge in [0.25, 0.3) is 0 Å². The van der Waals surface area contributed by atoms with Crippen LogP contribution in [0.25, 0.3) is 0 Å². The molecule has 4 heteroatoms. The third-order valence-corrected chi connectivity index (χ3v) is 2.51. The van der Waals surface area contributed by atoms with Crippen LogP contribution >= 0.6 is 0 Å². The molecular formula is C10H20N2O2. The highest BCUT2D eigenvalue weighted by Crippen LogP contribution is 2.11. The van der Waals surface area contributed by atoms with Gasteiger partial charge in [0, 0.05) is 13.6 Å². The Bertz CT molecular complexity index is 179. The van der Waals surface area contributed by atoms with E-state index in [-0.39, 0.29) is 6.09 Å². The van der Waals surface area contributed by atoms with E-state index in [9.17, 15) is 4.79 Å². The van der Waals surface area contributed by atoms with E-state index in [0.29, 0.717) is 12.5 Å². The van der Waals surface area contributed by atoms with Crippen molar-refractivity contribution in [3.05, 3.63) is 0 Å². The number of nitrogens with one attached hydrogen (secondary N) is 1. The second kappa shape index (κ2) is 5.86. The molecule has 0 aromatic carbocycles. The molecule has 1 aliphatic heterocycles. The maximum absolute atomic E-state index is 11.3. The zero-order valence-corrected chi connectivity index (χ0v) is 9.08. The number of carbonyl (C=O) groups excluding carboxylic acids is 1. The summed E-state index contributed by atoms with van der Waals surface area (Å²) in [6, 6.07) is 0. The number of nitrogens with zero attached hydrogens (tertiary/aromatic N) is 1. The molecule has 0 bridgehead atoms. The van der Waals surface area contributed by atoms with Gasteiger partial charge in [0.15, 0.2) is 0 Å². The van der Waals surface area contributed by atoms with Gasteiger partial charge in [-0.3, -0.25) is 0 Å². The van der Waals surface area contributed by atoms with Crippen molar-refractivity contribution < 1.29 is 9.53 Å². The maximum atomic E-state index is 11.3. The third kappa shape index (κ3) is 3.54. The van der Waals surface area contributed by atoms with Crippen molar-refractivity contribution in [3.63, 3.8) is 0 Å². The predicted octanol–water partition coefficient (Wildman–Crippen LogP) is 1.07. The summed E-state index contributed by atoms with van der Waals surface area (Å²) in [5.74, 6) is 0.582.